The van der Waals surface area contributed by atoms with Crippen LogP contribution in [0.25, 0.3) is 0 Å². The van der Waals surface area contributed by atoms with Gasteiger partial charge in [0.05, 0.1) is 4.90 Å². The van der Waals surface area contributed by atoms with Crippen molar-refractivity contribution in [2.75, 3.05) is 23.8 Å². The zero-order valence-corrected chi connectivity index (χ0v) is 15.5. The second-order valence-corrected chi connectivity index (χ2v) is 8.08. The van der Waals surface area contributed by atoms with Crippen molar-refractivity contribution < 1.29 is 8.42 Å². The van der Waals surface area contributed by atoms with Gasteiger partial charge in [-0.1, -0.05) is 19.9 Å². The summed E-state index contributed by atoms with van der Waals surface area (Å²) in [6, 6.07) is 7.01. The van der Waals surface area contributed by atoms with Gasteiger partial charge in [-0.25, -0.2) is 23.5 Å². The second-order valence-electron chi connectivity index (χ2n) is 6.52. The molecule has 0 radical (unpaired) electrons. The lowest BCUT2D eigenvalue weighted by molar-refractivity contribution is 0.597. The van der Waals surface area contributed by atoms with E-state index in [1.54, 1.807) is 12.1 Å². The number of rotatable bonds is 4. The second kappa shape index (κ2) is 6.61. The highest BCUT2D eigenvalue weighted by atomic mass is 32.2. The molecule has 0 unspecified atom stereocenters. The Labute approximate surface area is 148 Å². The number of sulfonamides is 1. The summed E-state index contributed by atoms with van der Waals surface area (Å²) in [6.45, 7) is 5.53. The monoisotopic (exact) mass is 361 g/mol. The molecule has 8 heteroatoms. The van der Waals surface area contributed by atoms with Crippen LogP contribution < -0.4 is 15.4 Å². The molecule has 7 nitrogen and oxygen atoms in total. The summed E-state index contributed by atoms with van der Waals surface area (Å²) >= 11 is 0. The van der Waals surface area contributed by atoms with Gasteiger partial charge in [-0.2, -0.15) is 0 Å². The zero-order valence-electron chi connectivity index (χ0n) is 14.7. The van der Waals surface area contributed by atoms with Gasteiger partial charge in [0.1, 0.15) is 17.5 Å². The number of primary sulfonamides is 1. The fourth-order valence-electron chi connectivity index (χ4n) is 2.91. The fraction of sp³-hybridized carbons (Fsp3) is 0.412. The first-order valence-electron chi connectivity index (χ1n) is 8.24. The van der Waals surface area contributed by atoms with E-state index in [9.17, 15) is 8.42 Å². The number of nitrogens with two attached hydrogens (primary N) is 1. The van der Waals surface area contributed by atoms with E-state index in [4.69, 9.17) is 5.14 Å². The molecule has 0 amide bonds. The molecule has 1 aliphatic rings. The van der Waals surface area contributed by atoms with Gasteiger partial charge in [0.25, 0.3) is 0 Å². The van der Waals surface area contributed by atoms with Crippen LogP contribution in [0.4, 0.5) is 11.6 Å². The summed E-state index contributed by atoms with van der Waals surface area (Å²) in [5.74, 6) is 2.62. The molecule has 0 spiro atoms. The molecule has 2 aromatic rings. The molecule has 134 valence electrons. The fourth-order valence-corrected chi connectivity index (χ4v) is 3.47. The maximum atomic E-state index is 11.6. The van der Waals surface area contributed by atoms with E-state index < -0.39 is 10.0 Å². The minimum Gasteiger partial charge on any atom is -0.373 e. The van der Waals surface area contributed by atoms with Crippen molar-refractivity contribution in [3.8, 4) is 0 Å². The average Bonchev–Trinajstić information content (AvgIpc) is 2.59. The Morgan fingerprint density at radius 1 is 1.20 bits per heavy atom. The maximum Gasteiger partial charge on any atom is 0.238 e. The Kier molecular flexibility index (Phi) is 4.66. The van der Waals surface area contributed by atoms with E-state index in [0.29, 0.717) is 6.54 Å². The molecule has 1 aliphatic heterocycles. The van der Waals surface area contributed by atoms with Crippen molar-refractivity contribution in [2.24, 2.45) is 5.14 Å². The van der Waals surface area contributed by atoms with Gasteiger partial charge < -0.3 is 10.2 Å². The van der Waals surface area contributed by atoms with Gasteiger partial charge in [0.15, 0.2) is 0 Å². The molecule has 3 N–H and O–H groups in total. The summed E-state index contributed by atoms with van der Waals surface area (Å²) in [5, 5.41) is 8.33. The zero-order chi connectivity index (χ0) is 18.2. The van der Waals surface area contributed by atoms with E-state index in [-0.39, 0.29) is 10.8 Å². The number of anilines is 2. The van der Waals surface area contributed by atoms with Crippen LogP contribution >= 0.6 is 0 Å². The Balaban J connectivity index is 1.96. The van der Waals surface area contributed by atoms with Crippen molar-refractivity contribution in [3.05, 3.63) is 41.2 Å². The van der Waals surface area contributed by atoms with Crippen LogP contribution in [0.3, 0.4) is 0 Å². The van der Waals surface area contributed by atoms with Crippen molar-refractivity contribution in [3.63, 3.8) is 0 Å². The third-order valence-electron chi connectivity index (χ3n) is 4.34. The van der Waals surface area contributed by atoms with Gasteiger partial charge in [-0.3, -0.25) is 0 Å². The van der Waals surface area contributed by atoms with Crippen molar-refractivity contribution in [2.45, 2.75) is 37.6 Å². The van der Waals surface area contributed by atoms with Crippen LogP contribution in [0.2, 0.25) is 0 Å². The number of hydrogen-bond acceptors (Lipinski definition) is 6. The molecule has 3 rings (SSSR count). The molecular weight excluding hydrogens is 338 g/mol. The lowest BCUT2D eigenvalue weighted by atomic mass is 10.00. The van der Waals surface area contributed by atoms with Gasteiger partial charge in [0.2, 0.25) is 10.0 Å². The Bertz CT molecular complexity index is 896. The van der Waals surface area contributed by atoms with Crippen LogP contribution in [-0.2, 0) is 23.0 Å². The smallest absolute Gasteiger partial charge is 0.238 e. The summed E-state index contributed by atoms with van der Waals surface area (Å²) in [7, 11) is -1.87. The van der Waals surface area contributed by atoms with Crippen LogP contribution in [-0.4, -0.2) is 32.0 Å². The van der Waals surface area contributed by atoms with E-state index in [1.165, 1.54) is 0 Å². The normalized spacial score (nSPS) is 14.5. The first kappa shape index (κ1) is 17.6. The number of aromatic nitrogens is 2. The molecule has 0 fully saturated rings. The first-order valence-corrected chi connectivity index (χ1v) is 9.79. The molecule has 25 heavy (non-hydrogen) atoms. The van der Waals surface area contributed by atoms with E-state index in [0.717, 1.165) is 41.6 Å². The first-order chi connectivity index (χ1) is 11.8. The van der Waals surface area contributed by atoms with Crippen LogP contribution in [0.15, 0.2) is 29.2 Å². The number of fused-ring (bicyclic) bond motifs is 1. The average molecular weight is 361 g/mol. The molecule has 1 aromatic heterocycles. The number of nitrogens with one attached hydrogen (secondary N) is 1. The van der Waals surface area contributed by atoms with Crippen molar-refractivity contribution >= 4 is 21.7 Å². The highest BCUT2D eigenvalue weighted by molar-refractivity contribution is 7.89. The van der Waals surface area contributed by atoms with Crippen molar-refractivity contribution in [1.29, 1.82) is 0 Å². The third kappa shape index (κ3) is 3.74. The topological polar surface area (TPSA) is 101 Å². The highest BCUT2D eigenvalue weighted by Gasteiger charge is 2.21. The lowest BCUT2D eigenvalue weighted by Gasteiger charge is -2.30. The van der Waals surface area contributed by atoms with Crippen LogP contribution in [0, 0.1) is 0 Å². The highest BCUT2D eigenvalue weighted by Crippen LogP contribution is 2.27. The van der Waals surface area contributed by atoms with E-state index in [1.807, 2.05) is 19.2 Å². The SMILES string of the molecule is CNc1cc(N2CCc3ccc(S(N)(=O)=O)cc3C2)nc(C(C)C)n1. The molecule has 2 heterocycles. The molecule has 1 aromatic carbocycles. The minimum absolute atomic E-state index is 0.148. The Morgan fingerprint density at radius 3 is 2.60 bits per heavy atom. The van der Waals surface area contributed by atoms with E-state index in [2.05, 4.69) is 34.0 Å². The maximum absolute atomic E-state index is 11.6. The third-order valence-corrected chi connectivity index (χ3v) is 5.26. The van der Waals surface area contributed by atoms with E-state index >= 15 is 0 Å². The molecule has 0 aliphatic carbocycles. The minimum atomic E-state index is -3.70. The number of nitrogens with zero attached hydrogens (tertiary/aromatic N) is 3. The number of hydrogen-bond donors (Lipinski definition) is 2. The van der Waals surface area contributed by atoms with Crippen molar-refractivity contribution in [1.82, 2.24) is 9.97 Å². The molecule has 0 bridgehead atoms. The van der Waals surface area contributed by atoms with Crippen LogP contribution in [0.5, 0.6) is 0 Å². The number of benzene rings is 1. The Hall–Kier alpha value is -2.19. The lowest BCUT2D eigenvalue weighted by Crippen LogP contribution is -2.31. The van der Waals surface area contributed by atoms with Gasteiger partial charge in [0, 0.05) is 32.1 Å². The largest absolute Gasteiger partial charge is 0.373 e. The summed E-state index contributed by atoms with van der Waals surface area (Å²) in [5.41, 5.74) is 2.11. The standard InChI is InChI=1S/C17H23N5O2S/c1-11(2)17-20-15(19-3)9-16(21-17)22-7-6-12-4-5-14(25(18,23)24)8-13(12)10-22/h4-5,8-9,11H,6-7,10H2,1-3H3,(H2,18,23,24)(H,19,20,21). The van der Waals surface area contributed by atoms with Gasteiger partial charge in [-0.05, 0) is 29.7 Å². The predicted molar refractivity (Wildman–Crippen MR) is 98.2 cm³/mol. The molecule has 0 saturated carbocycles. The predicted octanol–water partition coefficient (Wildman–Crippen LogP) is 1.85. The molecular formula is C17H23N5O2S. The summed E-state index contributed by atoms with van der Waals surface area (Å²) in [6.07, 6.45) is 0.829. The summed E-state index contributed by atoms with van der Waals surface area (Å²) < 4.78 is 23.2. The Morgan fingerprint density at radius 2 is 1.96 bits per heavy atom. The summed E-state index contributed by atoms with van der Waals surface area (Å²) in [4.78, 5) is 11.5. The quantitative estimate of drug-likeness (QED) is 0.862. The van der Waals surface area contributed by atoms with Gasteiger partial charge in [-0.15, -0.1) is 0 Å². The molecule has 0 atom stereocenters. The van der Waals surface area contributed by atoms with Gasteiger partial charge >= 0.3 is 0 Å². The molecule has 0 saturated heterocycles. The van der Waals surface area contributed by atoms with Crippen LogP contribution in [0.1, 0.15) is 36.7 Å².